The van der Waals surface area contributed by atoms with Gasteiger partial charge in [-0.15, -0.1) is 11.3 Å². The van der Waals surface area contributed by atoms with Crippen LogP contribution in [0.1, 0.15) is 42.5 Å². The molecule has 0 spiro atoms. The van der Waals surface area contributed by atoms with Crippen LogP contribution < -0.4 is 5.32 Å². The summed E-state index contributed by atoms with van der Waals surface area (Å²) in [5, 5.41) is 5.22. The number of ether oxygens (including phenoxy) is 1. The van der Waals surface area contributed by atoms with E-state index in [9.17, 15) is 19.2 Å². The summed E-state index contributed by atoms with van der Waals surface area (Å²) in [7, 11) is 0. The van der Waals surface area contributed by atoms with Gasteiger partial charge in [-0.3, -0.25) is 14.4 Å². The van der Waals surface area contributed by atoms with Gasteiger partial charge in [0.25, 0.3) is 5.91 Å². The minimum atomic E-state index is -0.698. The Morgan fingerprint density at radius 3 is 2.45 bits per heavy atom. The van der Waals surface area contributed by atoms with E-state index in [-0.39, 0.29) is 33.9 Å². The molecule has 31 heavy (non-hydrogen) atoms. The first-order valence-corrected chi connectivity index (χ1v) is 10.2. The fraction of sp³-hybridized carbons (Fsp3) is 0.0870. The smallest absolute Gasteiger partial charge is 0.331 e. The predicted octanol–water partition coefficient (Wildman–Crippen LogP) is 3.42. The molecule has 3 aromatic rings. The lowest BCUT2D eigenvalue weighted by Gasteiger charge is -2.20. The quantitative estimate of drug-likeness (QED) is 0.383. The number of esters is 1. The van der Waals surface area contributed by atoms with Crippen LogP contribution in [0.3, 0.4) is 0 Å². The average Bonchev–Trinajstić information content (AvgIpc) is 3.19. The molecule has 4 rings (SSSR count). The van der Waals surface area contributed by atoms with E-state index in [0.717, 1.165) is 5.01 Å². The van der Waals surface area contributed by atoms with E-state index in [1.165, 1.54) is 29.6 Å². The van der Waals surface area contributed by atoms with Gasteiger partial charge in [-0.05, 0) is 19.1 Å². The lowest BCUT2D eigenvalue weighted by atomic mass is 9.83. The molecule has 8 heteroatoms. The fourth-order valence-corrected chi connectivity index (χ4v) is 3.81. The van der Waals surface area contributed by atoms with Crippen molar-refractivity contribution < 1.29 is 23.9 Å². The number of amides is 1. The third kappa shape index (κ3) is 4.19. The van der Waals surface area contributed by atoms with Crippen LogP contribution in [0.4, 0.5) is 5.69 Å². The summed E-state index contributed by atoms with van der Waals surface area (Å²) in [4.78, 5) is 54.0. The van der Waals surface area contributed by atoms with Gasteiger partial charge in [-0.2, -0.15) is 0 Å². The van der Waals surface area contributed by atoms with E-state index in [1.807, 2.05) is 6.92 Å². The van der Waals surface area contributed by atoms with Crippen molar-refractivity contribution in [3.8, 4) is 0 Å². The zero-order valence-corrected chi connectivity index (χ0v) is 17.2. The standard InChI is InChI=1S/C23H16N2O5S/c1-13-24-14(12-31-13)9-10-20(27)30-11-19(26)25-18-8-4-7-17-21(18)23(29)16-6-3-2-5-15(16)22(17)28/h2-10,12H,11H2,1H3,(H,25,26)/b10-9+. The zero-order chi connectivity index (χ0) is 22.0. The largest absolute Gasteiger partial charge is 0.452 e. The van der Waals surface area contributed by atoms with Gasteiger partial charge in [0.05, 0.1) is 22.0 Å². The van der Waals surface area contributed by atoms with E-state index < -0.39 is 18.5 Å². The SMILES string of the molecule is Cc1nc(/C=C/C(=O)OCC(=O)Nc2cccc3c2C(=O)c2ccccc2C3=O)cs1. The number of fused-ring (bicyclic) bond motifs is 2. The van der Waals surface area contributed by atoms with Crippen LogP contribution in [0, 0.1) is 6.92 Å². The molecule has 1 aromatic heterocycles. The van der Waals surface area contributed by atoms with Gasteiger partial charge in [-0.25, -0.2) is 9.78 Å². The van der Waals surface area contributed by atoms with Crippen molar-refractivity contribution in [2.45, 2.75) is 6.92 Å². The Morgan fingerprint density at radius 1 is 1.03 bits per heavy atom. The molecule has 0 saturated carbocycles. The molecule has 1 aliphatic carbocycles. The van der Waals surface area contributed by atoms with Gasteiger partial charge in [0, 0.05) is 28.1 Å². The lowest BCUT2D eigenvalue weighted by Crippen LogP contribution is -2.25. The van der Waals surface area contributed by atoms with Crippen LogP contribution in [0.2, 0.25) is 0 Å². The van der Waals surface area contributed by atoms with Gasteiger partial charge < -0.3 is 10.1 Å². The van der Waals surface area contributed by atoms with E-state index in [2.05, 4.69) is 10.3 Å². The highest BCUT2D eigenvalue weighted by Crippen LogP contribution is 2.31. The summed E-state index contributed by atoms with van der Waals surface area (Å²) in [6.07, 6.45) is 2.68. The number of aryl methyl sites for hydroxylation is 1. The van der Waals surface area contributed by atoms with Gasteiger partial charge in [0.1, 0.15) is 0 Å². The van der Waals surface area contributed by atoms with Crippen LogP contribution in [0.25, 0.3) is 6.08 Å². The average molecular weight is 432 g/mol. The summed E-state index contributed by atoms with van der Waals surface area (Å²) >= 11 is 1.45. The van der Waals surface area contributed by atoms with E-state index in [1.54, 1.807) is 41.8 Å². The van der Waals surface area contributed by atoms with Crippen LogP contribution in [0.15, 0.2) is 53.9 Å². The third-order valence-corrected chi connectivity index (χ3v) is 5.39. The number of hydrogen-bond donors (Lipinski definition) is 1. The minimum Gasteiger partial charge on any atom is -0.452 e. The lowest BCUT2D eigenvalue weighted by molar-refractivity contribution is -0.142. The first kappa shape index (κ1) is 20.4. The molecule has 0 aliphatic heterocycles. The molecule has 1 heterocycles. The maximum absolute atomic E-state index is 12.9. The first-order valence-electron chi connectivity index (χ1n) is 9.32. The fourth-order valence-electron chi connectivity index (χ4n) is 3.23. The number of carbonyl (C=O) groups excluding carboxylic acids is 4. The molecule has 2 aromatic carbocycles. The number of thiazole rings is 1. The van der Waals surface area contributed by atoms with E-state index in [0.29, 0.717) is 11.3 Å². The highest BCUT2D eigenvalue weighted by atomic mass is 32.1. The van der Waals surface area contributed by atoms with E-state index in [4.69, 9.17) is 4.74 Å². The molecule has 7 nitrogen and oxygen atoms in total. The molecule has 0 fully saturated rings. The molecule has 0 radical (unpaired) electrons. The first-order chi connectivity index (χ1) is 14.9. The van der Waals surface area contributed by atoms with E-state index >= 15 is 0 Å². The predicted molar refractivity (Wildman–Crippen MR) is 115 cm³/mol. The molecule has 0 saturated heterocycles. The third-order valence-electron chi connectivity index (χ3n) is 4.60. The number of rotatable bonds is 5. The summed E-state index contributed by atoms with van der Waals surface area (Å²) < 4.78 is 4.94. The molecule has 1 N–H and O–H groups in total. The van der Waals surface area contributed by atoms with Crippen molar-refractivity contribution in [2.24, 2.45) is 0 Å². The molecule has 0 bridgehead atoms. The second kappa shape index (κ2) is 8.45. The van der Waals surface area contributed by atoms with Gasteiger partial charge in [0.15, 0.2) is 18.2 Å². The van der Waals surface area contributed by atoms with Gasteiger partial charge >= 0.3 is 5.97 Å². The maximum atomic E-state index is 12.9. The van der Waals surface area contributed by atoms with Crippen molar-refractivity contribution in [3.05, 3.63) is 86.9 Å². The van der Waals surface area contributed by atoms with Crippen LogP contribution in [-0.2, 0) is 14.3 Å². The van der Waals surface area contributed by atoms with Crippen molar-refractivity contribution in [1.29, 1.82) is 0 Å². The Labute approximate surface area is 181 Å². The molecule has 0 atom stereocenters. The second-order valence-corrected chi connectivity index (χ2v) is 7.77. The molecule has 1 amide bonds. The second-order valence-electron chi connectivity index (χ2n) is 6.71. The van der Waals surface area contributed by atoms with Crippen molar-refractivity contribution >= 4 is 46.5 Å². The highest BCUT2D eigenvalue weighted by molar-refractivity contribution is 7.09. The zero-order valence-electron chi connectivity index (χ0n) is 16.4. The Morgan fingerprint density at radius 2 is 1.74 bits per heavy atom. The Bertz CT molecular complexity index is 1260. The molecular weight excluding hydrogens is 416 g/mol. The Kier molecular flexibility index (Phi) is 5.55. The number of hydrogen-bond acceptors (Lipinski definition) is 7. The summed E-state index contributed by atoms with van der Waals surface area (Å²) in [5.41, 5.74) is 1.79. The number of benzene rings is 2. The van der Waals surface area contributed by atoms with Gasteiger partial charge in [0.2, 0.25) is 0 Å². The van der Waals surface area contributed by atoms with Crippen LogP contribution in [0.5, 0.6) is 0 Å². The van der Waals surface area contributed by atoms with Crippen LogP contribution >= 0.6 is 11.3 Å². The van der Waals surface area contributed by atoms with Crippen molar-refractivity contribution in [1.82, 2.24) is 4.98 Å². The van der Waals surface area contributed by atoms with Crippen LogP contribution in [-0.4, -0.2) is 35.0 Å². The number of nitrogens with one attached hydrogen (secondary N) is 1. The van der Waals surface area contributed by atoms with Crippen molar-refractivity contribution in [3.63, 3.8) is 0 Å². The molecule has 154 valence electrons. The number of ketones is 2. The Hall–Kier alpha value is -3.91. The number of anilines is 1. The van der Waals surface area contributed by atoms with Gasteiger partial charge in [-0.1, -0.05) is 36.4 Å². The maximum Gasteiger partial charge on any atom is 0.331 e. The molecule has 1 aliphatic rings. The topological polar surface area (TPSA) is 102 Å². The Balaban J connectivity index is 1.45. The summed E-state index contributed by atoms with van der Waals surface area (Å²) in [6.45, 7) is 1.31. The summed E-state index contributed by atoms with van der Waals surface area (Å²) in [6, 6.07) is 11.2. The number of carbonyl (C=O) groups is 4. The highest BCUT2D eigenvalue weighted by Gasteiger charge is 2.31. The number of nitrogens with zero attached hydrogens (tertiary/aromatic N) is 1. The van der Waals surface area contributed by atoms with Crippen molar-refractivity contribution in [2.75, 3.05) is 11.9 Å². The number of aromatic nitrogens is 1. The summed E-state index contributed by atoms with van der Waals surface area (Å²) in [5.74, 6) is -1.95. The normalized spacial score (nSPS) is 12.4. The monoisotopic (exact) mass is 432 g/mol. The molecular formula is C23H16N2O5S. The minimum absolute atomic E-state index is 0.129. The molecule has 0 unspecified atom stereocenters.